The van der Waals surface area contributed by atoms with Crippen molar-refractivity contribution < 1.29 is 4.79 Å². The van der Waals surface area contributed by atoms with Crippen LogP contribution in [0.25, 0.3) is 0 Å². The van der Waals surface area contributed by atoms with Crippen LogP contribution < -0.4 is 5.32 Å². The van der Waals surface area contributed by atoms with Crippen molar-refractivity contribution in [1.82, 2.24) is 10.2 Å². The number of carbonyl (C=O) groups excluding carboxylic acids is 1. The molecule has 0 radical (unpaired) electrons. The van der Waals surface area contributed by atoms with Crippen LogP contribution in [0.15, 0.2) is 43.0 Å². The van der Waals surface area contributed by atoms with Crippen molar-refractivity contribution in [2.24, 2.45) is 5.92 Å². The molecule has 104 valence electrons. The van der Waals surface area contributed by atoms with Gasteiger partial charge in [0.1, 0.15) is 0 Å². The van der Waals surface area contributed by atoms with Crippen molar-refractivity contribution in [3.63, 3.8) is 0 Å². The number of nitrogens with zero attached hydrogens (tertiary/aromatic N) is 1. The topological polar surface area (TPSA) is 32.3 Å². The maximum Gasteiger partial charge on any atom is 0.227 e. The van der Waals surface area contributed by atoms with Crippen LogP contribution in [0.1, 0.15) is 12.0 Å². The normalized spacial score (nSPS) is 17.6. The van der Waals surface area contributed by atoms with E-state index in [1.165, 1.54) is 5.56 Å². The standard InChI is InChI=1S/C15H20N2O.ClH/c1-2-10-17(12-13-6-4-3-5-7-13)15(18)14-8-9-16-11-14;/h2-7,14,16H,1,8-12H2;1H. The van der Waals surface area contributed by atoms with Gasteiger partial charge in [-0.15, -0.1) is 19.0 Å². The molecule has 0 spiro atoms. The number of benzene rings is 1. The van der Waals surface area contributed by atoms with Crippen LogP contribution in [0.2, 0.25) is 0 Å². The number of halogens is 1. The summed E-state index contributed by atoms with van der Waals surface area (Å²) in [4.78, 5) is 14.3. The highest BCUT2D eigenvalue weighted by Gasteiger charge is 2.26. The summed E-state index contributed by atoms with van der Waals surface area (Å²) in [5.41, 5.74) is 1.17. The minimum Gasteiger partial charge on any atom is -0.334 e. The molecule has 2 rings (SSSR count). The Balaban J connectivity index is 0.00000180. The van der Waals surface area contributed by atoms with Gasteiger partial charge < -0.3 is 10.2 Å². The summed E-state index contributed by atoms with van der Waals surface area (Å²) in [5.74, 6) is 0.373. The van der Waals surface area contributed by atoms with E-state index in [4.69, 9.17) is 0 Å². The molecule has 3 nitrogen and oxygen atoms in total. The number of carbonyl (C=O) groups is 1. The molecular weight excluding hydrogens is 260 g/mol. The van der Waals surface area contributed by atoms with Crippen molar-refractivity contribution in [2.75, 3.05) is 19.6 Å². The van der Waals surface area contributed by atoms with Crippen LogP contribution in [-0.4, -0.2) is 30.4 Å². The number of rotatable bonds is 5. The summed E-state index contributed by atoms with van der Waals surface area (Å²) in [6.07, 6.45) is 2.74. The molecule has 19 heavy (non-hydrogen) atoms. The lowest BCUT2D eigenvalue weighted by molar-refractivity contribution is -0.135. The van der Waals surface area contributed by atoms with E-state index in [0.717, 1.165) is 19.5 Å². The van der Waals surface area contributed by atoms with E-state index in [2.05, 4.69) is 24.0 Å². The maximum atomic E-state index is 12.4. The molecule has 1 aromatic carbocycles. The fourth-order valence-corrected chi connectivity index (χ4v) is 2.32. The molecule has 1 atom stereocenters. The highest BCUT2D eigenvalue weighted by Crippen LogP contribution is 2.14. The minimum atomic E-state index is 0. The van der Waals surface area contributed by atoms with Gasteiger partial charge in [-0.3, -0.25) is 4.79 Å². The average molecular weight is 281 g/mol. The lowest BCUT2D eigenvalue weighted by atomic mass is 10.1. The molecule has 1 aliphatic heterocycles. The zero-order chi connectivity index (χ0) is 12.8. The number of nitrogens with one attached hydrogen (secondary N) is 1. The van der Waals surface area contributed by atoms with Gasteiger partial charge in [0.15, 0.2) is 0 Å². The van der Waals surface area contributed by atoms with Crippen molar-refractivity contribution in [3.05, 3.63) is 48.6 Å². The van der Waals surface area contributed by atoms with E-state index < -0.39 is 0 Å². The van der Waals surface area contributed by atoms with Gasteiger partial charge in [-0.1, -0.05) is 36.4 Å². The van der Waals surface area contributed by atoms with Gasteiger partial charge in [-0.05, 0) is 18.5 Å². The molecule has 1 amide bonds. The van der Waals surface area contributed by atoms with E-state index in [1.807, 2.05) is 23.1 Å². The SMILES string of the molecule is C=CCN(Cc1ccccc1)C(=O)C1CCNC1.Cl. The molecule has 1 N–H and O–H groups in total. The van der Waals surface area contributed by atoms with Crippen LogP contribution in [0, 0.1) is 5.92 Å². The van der Waals surface area contributed by atoms with Crippen LogP contribution in [0.5, 0.6) is 0 Å². The molecule has 1 heterocycles. The summed E-state index contributed by atoms with van der Waals surface area (Å²) >= 11 is 0. The third kappa shape index (κ3) is 4.37. The molecule has 0 bridgehead atoms. The van der Waals surface area contributed by atoms with Gasteiger partial charge in [0.2, 0.25) is 5.91 Å². The third-order valence-electron chi connectivity index (χ3n) is 3.29. The Hall–Kier alpha value is -1.32. The van der Waals surface area contributed by atoms with E-state index in [0.29, 0.717) is 13.1 Å². The van der Waals surface area contributed by atoms with Crippen LogP contribution >= 0.6 is 12.4 Å². The second-order valence-corrected chi connectivity index (χ2v) is 4.68. The van der Waals surface area contributed by atoms with Crippen LogP contribution in [-0.2, 0) is 11.3 Å². The van der Waals surface area contributed by atoms with E-state index in [1.54, 1.807) is 6.08 Å². The molecular formula is C15H21ClN2O. The summed E-state index contributed by atoms with van der Waals surface area (Å²) in [6.45, 7) is 6.78. The Morgan fingerprint density at radius 1 is 1.42 bits per heavy atom. The Morgan fingerprint density at radius 3 is 2.74 bits per heavy atom. The van der Waals surface area contributed by atoms with Crippen LogP contribution in [0.4, 0.5) is 0 Å². The smallest absolute Gasteiger partial charge is 0.227 e. The lowest BCUT2D eigenvalue weighted by Gasteiger charge is -2.24. The molecule has 1 saturated heterocycles. The maximum absolute atomic E-state index is 12.4. The van der Waals surface area contributed by atoms with Gasteiger partial charge in [0, 0.05) is 19.6 Å². The van der Waals surface area contributed by atoms with Crippen LogP contribution in [0.3, 0.4) is 0 Å². The molecule has 0 saturated carbocycles. The Kier molecular flexibility index (Phi) is 6.60. The monoisotopic (exact) mass is 280 g/mol. The first-order valence-electron chi connectivity index (χ1n) is 6.45. The predicted octanol–water partition coefficient (Wildman–Crippen LogP) is 2.23. The Bertz CT molecular complexity index is 402. The summed E-state index contributed by atoms with van der Waals surface area (Å²) < 4.78 is 0. The third-order valence-corrected chi connectivity index (χ3v) is 3.29. The minimum absolute atomic E-state index is 0. The fourth-order valence-electron chi connectivity index (χ4n) is 2.32. The molecule has 1 aliphatic rings. The zero-order valence-corrected chi connectivity index (χ0v) is 11.9. The van der Waals surface area contributed by atoms with Gasteiger partial charge in [-0.25, -0.2) is 0 Å². The molecule has 4 heteroatoms. The van der Waals surface area contributed by atoms with E-state index in [-0.39, 0.29) is 24.2 Å². The van der Waals surface area contributed by atoms with Crippen molar-refractivity contribution in [3.8, 4) is 0 Å². The Morgan fingerprint density at radius 2 is 2.16 bits per heavy atom. The summed E-state index contributed by atoms with van der Waals surface area (Å²) in [5, 5.41) is 3.24. The second kappa shape index (κ2) is 7.97. The number of amides is 1. The van der Waals surface area contributed by atoms with E-state index in [9.17, 15) is 4.79 Å². The molecule has 1 unspecified atom stereocenters. The predicted molar refractivity (Wildman–Crippen MR) is 80.3 cm³/mol. The second-order valence-electron chi connectivity index (χ2n) is 4.68. The first kappa shape index (κ1) is 15.7. The van der Waals surface area contributed by atoms with Gasteiger partial charge in [0.25, 0.3) is 0 Å². The molecule has 1 fully saturated rings. The number of hydrogen-bond donors (Lipinski definition) is 1. The summed E-state index contributed by atoms with van der Waals surface area (Å²) in [6, 6.07) is 10.1. The van der Waals surface area contributed by atoms with E-state index >= 15 is 0 Å². The summed E-state index contributed by atoms with van der Waals surface area (Å²) in [7, 11) is 0. The quantitative estimate of drug-likeness (QED) is 0.839. The highest BCUT2D eigenvalue weighted by atomic mass is 35.5. The Labute approximate surface area is 121 Å². The fraction of sp³-hybridized carbons (Fsp3) is 0.400. The van der Waals surface area contributed by atoms with Gasteiger partial charge >= 0.3 is 0 Å². The van der Waals surface area contributed by atoms with Gasteiger partial charge in [0.05, 0.1) is 5.92 Å². The first-order chi connectivity index (χ1) is 8.81. The molecule has 0 aliphatic carbocycles. The average Bonchev–Trinajstić information content (AvgIpc) is 2.92. The first-order valence-corrected chi connectivity index (χ1v) is 6.45. The highest BCUT2D eigenvalue weighted by molar-refractivity contribution is 5.85. The lowest BCUT2D eigenvalue weighted by Crippen LogP contribution is -2.36. The van der Waals surface area contributed by atoms with Crippen molar-refractivity contribution >= 4 is 18.3 Å². The van der Waals surface area contributed by atoms with Crippen molar-refractivity contribution in [1.29, 1.82) is 0 Å². The number of hydrogen-bond acceptors (Lipinski definition) is 2. The molecule has 1 aromatic rings. The molecule has 0 aromatic heterocycles. The van der Waals surface area contributed by atoms with Gasteiger partial charge in [-0.2, -0.15) is 0 Å². The zero-order valence-electron chi connectivity index (χ0n) is 11.0. The van der Waals surface area contributed by atoms with Crippen molar-refractivity contribution in [2.45, 2.75) is 13.0 Å². The largest absolute Gasteiger partial charge is 0.334 e.